The maximum absolute atomic E-state index is 10.2. The Bertz CT molecular complexity index is 845. The summed E-state index contributed by atoms with van der Waals surface area (Å²) in [5.74, 6) is 1.07. The van der Waals surface area contributed by atoms with Crippen LogP contribution in [0.15, 0.2) is 35.4 Å². The first-order chi connectivity index (χ1) is 12.4. The number of ether oxygens (including phenoxy) is 3. The number of benzene rings is 2. The number of nitrogens with zero attached hydrogens (tertiary/aromatic N) is 2. The highest BCUT2D eigenvalue weighted by Crippen LogP contribution is 2.38. The fourth-order valence-electron chi connectivity index (χ4n) is 2.18. The number of methoxy groups -OCH3 is 3. The highest BCUT2D eigenvalue weighted by molar-refractivity contribution is 7.80. The van der Waals surface area contributed by atoms with Crippen LogP contribution in [0.5, 0.6) is 23.0 Å². The number of hydrogen-bond acceptors (Lipinski definition) is 6. The van der Waals surface area contributed by atoms with E-state index >= 15 is 0 Å². The SMILES string of the molecule is COc1cc(N(/N=C\c2cccc(OC)c2O)C(N)=S)c(OC)cc1Cl. The predicted octanol–water partition coefficient (Wildman–Crippen LogP) is 3.16. The number of hydrazone groups is 1. The normalized spacial score (nSPS) is 10.6. The number of rotatable bonds is 6. The smallest absolute Gasteiger partial charge is 0.191 e. The zero-order chi connectivity index (χ0) is 19.3. The van der Waals surface area contributed by atoms with E-state index in [1.54, 1.807) is 30.3 Å². The van der Waals surface area contributed by atoms with Crippen molar-refractivity contribution in [3.63, 3.8) is 0 Å². The number of hydrogen-bond donors (Lipinski definition) is 2. The van der Waals surface area contributed by atoms with Crippen molar-refractivity contribution in [2.45, 2.75) is 0 Å². The van der Waals surface area contributed by atoms with Gasteiger partial charge in [-0.25, -0.2) is 5.01 Å². The molecule has 0 unspecified atom stereocenters. The molecule has 9 heteroatoms. The summed E-state index contributed by atoms with van der Waals surface area (Å²) in [4.78, 5) is 0. The molecule has 26 heavy (non-hydrogen) atoms. The molecule has 0 atom stereocenters. The van der Waals surface area contributed by atoms with E-state index in [2.05, 4.69) is 5.10 Å². The van der Waals surface area contributed by atoms with Gasteiger partial charge in [0.05, 0.1) is 32.6 Å². The van der Waals surface area contributed by atoms with Gasteiger partial charge in [-0.05, 0) is 24.4 Å². The van der Waals surface area contributed by atoms with Gasteiger partial charge >= 0.3 is 0 Å². The Morgan fingerprint density at radius 2 is 1.81 bits per heavy atom. The lowest BCUT2D eigenvalue weighted by atomic mass is 10.2. The summed E-state index contributed by atoms with van der Waals surface area (Å²) >= 11 is 11.2. The van der Waals surface area contributed by atoms with Gasteiger partial charge in [-0.15, -0.1) is 0 Å². The Morgan fingerprint density at radius 3 is 2.38 bits per heavy atom. The minimum Gasteiger partial charge on any atom is -0.504 e. The van der Waals surface area contributed by atoms with Crippen LogP contribution in [0.25, 0.3) is 0 Å². The first-order valence-corrected chi connectivity index (χ1v) is 8.12. The van der Waals surface area contributed by atoms with Crippen LogP contribution >= 0.6 is 23.8 Å². The summed E-state index contributed by atoms with van der Waals surface area (Å²) in [5.41, 5.74) is 6.66. The van der Waals surface area contributed by atoms with Crippen molar-refractivity contribution in [3.8, 4) is 23.0 Å². The highest BCUT2D eigenvalue weighted by atomic mass is 35.5. The molecule has 0 radical (unpaired) electrons. The summed E-state index contributed by atoms with van der Waals surface area (Å²) in [6.07, 6.45) is 1.40. The number of anilines is 1. The quantitative estimate of drug-likeness (QED) is 0.441. The maximum Gasteiger partial charge on any atom is 0.191 e. The average Bonchev–Trinajstić information content (AvgIpc) is 2.63. The summed E-state index contributed by atoms with van der Waals surface area (Å²) < 4.78 is 15.6. The van der Waals surface area contributed by atoms with Crippen LogP contribution in [0.2, 0.25) is 5.02 Å². The van der Waals surface area contributed by atoms with E-state index in [1.165, 1.54) is 32.6 Å². The summed E-state index contributed by atoms with van der Waals surface area (Å²) in [6.45, 7) is 0. The Balaban J connectivity index is 2.49. The van der Waals surface area contributed by atoms with Crippen molar-refractivity contribution >= 4 is 40.8 Å². The molecule has 2 aromatic carbocycles. The minimum atomic E-state index is -0.0534. The van der Waals surface area contributed by atoms with Gasteiger partial charge in [0.25, 0.3) is 0 Å². The van der Waals surface area contributed by atoms with Crippen molar-refractivity contribution in [1.82, 2.24) is 0 Å². The van der Waals surface area contributed by atoms with Crippen LogP contribution in [-0.2, 0) is 0 Å². The summed E-state index contributed by atoms with van der Waals surface area (Å²) in [7, 11) is 4.43. The third-order valence-corrected chi connectivity index (χ3v) is 3.92. The molecule has 0 heterocycles. The second-order valence-corrected chi connectivity index (χ2v) is 5.78. The average molecular weight is 396 g/mol. The molecule has 0 saturated carbocycles. The summed E-state index contributed by atoms with van der Waals surface area (Å²) in [5, 5.41) is 16.0. The van der Waals surface area contributed by atoms with E-state index in [9.17, 15) is 5.11 Å². The molecule has 3 N–H and O–H groups in total. The first kappa shape index (κ1) is 19.6. The van der Waals surface area contributed by atoms with Gasteiger partial charge in [0.15, 0.2) is 16.6 Å². The van der Waals surface area contributed by atoms with Gasteiger partial charge in [0.2, 0.25) is 0 Å². The lowest BCUT2D eigenvalue weighted by molar-refractivity contribution is 0.373. The second kappa shape index (κ2) is 8.59. The minimum absolute atomic E-state index is 0.0358. The van der Waals surface area contributed by atoms with Crippen molar-refractivity contribution in [1.29, 1.82) is 0 Å². The number of nitrogens with two attached hydrogens (primary N) is 1. The molecule has 0 bridgehead atoms. The Kier molecular flexibility index (Phi) is 6.48. The zero-order valence-corrected chi connectivity index (χ0v) is 16.0. The van der Waals surface area contributed by atoms with Gasteiger partial charge in [-0.2, -0.15) is 5.10 Å². The third kappa shape index (κ3) is 4.09. The molecule has 138 valence electrons. The van der Waals surface area contributed by atoms with Crippen molar-refractivity contribution in [2.75, 3.05) is 26.3 Å². The summed E-state index contributed by atoms with van der Waals surface area (Å²) in [6, 6.07) is 8.18. The molecule has 7 nitrogen and oxygen atoms in total. The van der Waals surface area contributed by atoms with Crippen LogP contribution in [0.3, 0.4) is 0 Å². The van der Waals surface area contributed by atoms with Crippen LogP contribution in [0, 0.1) is 0 Å². The van der Waals surface area contributed by atoms with Gasteiger partial charge in [-0.3, -0.25) is 0 Å². The molecular weight excluding hydrogens is 378 g/mol. The van der Waals surface area contributed by atoms with Crippen LogP contribution in [0.4, 0.5) is 5.69 Å². The number of thiocarbonyl (C=S) groups is 1. The van der Waals surface area contributed by atoms with E-state index in [-0.39, 0.29) is 10.9 Å². The topological polar surface area (TPSA) is 89.5 Å². The van der Waals surface area contributed by atoms with Gasteiger partial charge in [0, 0.05) is 17.7 Å². The highest BCUT2D eigenvalue weighted by Gasteiger charge is 2.18. The standard InChI is InChI=1S/C17H18ClN3O4S/c1-23-13-6-4-5-10(16(13)22)9-20-21(17(19)26)12-8-14(24-2)11(18)7-15(12)25-3/h4-9,22H,1-3H3,(H2,19,26)/b20-9-. The number of aromatic hydroxyl groups is 1. The van der Waals surface area contributed by atoms with Crippen LogP contribution in [-0.4, -0.2) is 37.8 Å². The Labute approximate surface area is 161 Å². The first-order valence-electron chi connectivity index (χ1n) is 7.34. The van der Waals surface area contributed by atoms with E-state index < -0.39 is 0 Å². The fraction of sp³-hybridized carbons (Fsp3) is 0.176. The predicted molar refractivity (Wildman–Crippen MR) is 106 cm³/mol. The van der Waals surface area contributed by atoms with Gasteiger partial charge < -0.3 is 25.1 Å². The largest absolute Gasteiger partial charge is 0.504 e. The van der Waals surface area contributed by atoms with Gasteiger partial charge in [0.1, 0.15) is 17.2 Å². The monoisotopic (exact) mass is 395 g/mol. The molecule has 0 spiro atoms. The van der Waals surface area contributed by atoms with Crippen molar-refractivity contribution < 1.29 is 19.3 Å². The van der Waals surface area contributed by atoms with E-state index in [4.69, 9.17) is 43.8 Å². The molecule has 2 rings (SSSR count). The van der Waals surface area contributed by atoms with E-state index in [0.717, 1.165) is 0 Å². The second-order valence-electron chi connectivity index (χ2n) is 4.95. The molecule has 0 aromatic heterocycles. The van der Waals surface area contributed by atoms with Crippen molar-refractivity contribution in [3.05, 3.63) is 40.9 Å². The number of phenols is 1. The molecule has 0 aliphatic carbocycles. The van der Waals surface area contributed by atoms with E-state index in [0.29, 0.717) is 33.5 Å². The number of phenolic OH excluding ortho intramolecular Hbond substituents is 1. The molecule has 0 amide bonds. The molecule has 0 aliphatic heterocycles. The molecule has 2 aromatic rings. The fourth-order valence-corrected chi connectivity index (χ4v) is 2.55. The maximum atomic E-state index is 10.2. The molecular formula is C17H18ClN3O4S. The Hall–Kier alpha value is -2.71. The molecule has 0 aliphatic rings. The van der Waals surface area contributed by atoms with Gasteiger partial charge in [-0.1, -0.05) is 17.7 Å². The van der Waals surface area contributed by atoms with E-state index in [1.807, 2.05) is 0 Å². The lowest BCUT2D eigenvalue weighted by Crippen LogP contribution is -2.31. The van der Waals surface area contributed by atoms with Crippen molar-refractivity contribution in [2.24, 2.45) is 10.8 Å². The number of halogens is 1. The molecule has 0 fully saturated rings. The zero-order valence-electron chi connectivity index (χ0n) is 14.4. The lowest BCUT2D eigenvalue weighted by Gasteiger charge is -2.20. The number of para-hydroxylation sites is 1. The molecule has 0 saturated heterocycles. The van der Waals surface area contributed by atoms with Crippen LogP contribution in [0.1, 0.15) is 5.56 Å². The Morgan fingerprint density at radius 1 is 1.15 bits per heavy atom. The van der Waals surface area contributed by atoms with Crippen LogP contribution < -0.4 is 25.0 Å². The third-order valence-electron chi connectivity index (χ3n) is 3.45.